The van der Waals surface area contributed by atoms with Crippen molar-refractivity contribution in [3.05, 3.63) is 75.5 Å². The van der Waals surface area contributed by atoms with Crippen LogP contribution in [0.3, 0.4) is 0 Å². The highest BCUT2D eigenvalue weighted by molar-refractivity contribution is 7.15. The summed E-state index contributed by atoms with van der Waals surface area (Å²) in [7, 11) is 0. The zero-order valence-corrected chi connectivity index (χ0v) is 19.4. The van der Waals surface area contributed by atoms with Crippen LogP contribution in [0.1, 0.15) is 43.6 Å². The van der Waals surface area contributed by atoms with Gasteiger partial charge in [0.2, 0.25) is 15.9 Å². The van der Waals surface area contributed by atoms with E-state index < -0.39 is 11.7 Å². The first kappa shape index (κ1) is 23.5. The van der Waals surface area contributed by atoms with Gasteiger partial charge < -0.3 is 15.5 Å². The molecule has 1 aliphatic heterocycles. The van der Waals surface area contributed by atoms with E-state index in [2.05, 4.69) is 20.8 Å². The van der Waals surface area contributed by atoms with Crippen LogP contribution in [0.4, 0.5) is 10.1 Å². The Bertz CT molecular complexity index is 1180. The molecule has 1 aromatic heterocycles. The SMILES string of the molecule is Cc1ccc(CNC(=O)C2CCCN(C(=O)c3nnc(C(=O)Nc4ccc(F)cc4)s3)C2)cc1. The number of anilines is 1. The standard InChI is InChI=1S/C24H24FN5O3S/c1-15-4-6-16(7-5-15)13-26-20(31)17-3-2-12-30(14-17)24(33)23-29-28-22(34-23)21(32)27-19-10-8-18(25)9-11-19/h4-11,17H,2-3,12-14H2,1H3,(H,26,31)(H,27,32). The first-order valence-corrected chi connectivity index (χ1v) is 11.7. The second-order valence-corrected chi connectivity index (χ2v) is 9.14. The minimum atomic E-state index is -0.532. The van der Waals surface area contributed by atoms with Crippen LogP contribution >= 0.6 is 11.3 Å². The molecule has 2 aromatic carbocycles. The molecule has 1 aliphatic rings. The molecule has 3 aromatic rings. The fourth-order valence-corrected chi connectivity index (χ4v) is 4.38. The van der Waals surface area contributed by atoms with E-state index in [1.807, 2.05) is 31.2 Å². The van der Waals surface area contributed by atoms with Crippen molar-refractivity contribution in [3.8, 4) is 0 Å². The number of halogens is 1. The molecule has 176 valence electrons. The highest BCUT2D eigenvalue weighted by atomic mass is 32.1. The summed E-state index contributed by atoms with van der Waals surface area (Å²) in [5.74, 6) is -1.69. The van der Waals surface area contributed by atoms with Crippen molar-refractivity contribution in [2.45, 2.75) is 26.3 Å². The van der Waals surface area contributed by atoms with Gasteiger partial charge in [-0.05, 0) is 49.6 Å². The van der Waals surface area contributed by atoms with Crippen molar-refractivity contribution < 1.29 is 18.8 Å². The number of carbonyl (C=O) groups excluding carboxylic acids is 3. The highest BCUT2D eigenvalue weighted by Crippen LogP contribution is 2.21. The fraction of sp³-hybridized carbons (Fsp3) is 0.292. The number of aryl methyl sites for hydroxylation is 1. The van der Waals surface area contributed by atoms with Crippen LogP contribution in [0.5, 0.6) is 0 Å². The summed E-state index contributed by atoms with van der Waals surface area (Å²) in [6.07, 6.45) is 1.40. The number of rotatable bonds is 6. The summed E-state index contributed by atoms with van der Waals surface area (Å²) in [5.41, 5.74) is 2.58. The van der Waals surface area contributed by atoms with E-state index in [-0.39, 0.29) is 34.3 Å². The lowest BCUT2D eigenvalue weighted by molar-refractivity contribution is -0.126. The number of nitrogens with one attached hydrogen (secondary N) is 2. The maximum atomic E-state index is 13.0. The number of likely N-dealkylation sites (tertiary alicyclic amines) is 1. The van der Waals surface area contributed by atoms with Crippen molar-refractivity contribution >= 4 is 34.7 Å². The Morgan fingerprint density at radius 1 is 1.06 bits per heavy atom. The number of hydrogen-bond donors (Lipinski definition) is 2. The molecule has 4 rings (SSSR count). The number of hydrogen-bond acceptors (Lipinski definition) is 6. The number of carbonyl (C=O) groups is 3. The van der Waals surface area contributed by atoms with E-state index >= 15 is 0 Å². The summed E-state index contributed by atoms with van der Waals surface area (Å²) in [4.78, 5) is 39.6. The summed E-state index contributed by atoms with van der Waals surface area (Å²) in [5, 5.41) is 13.4. The largest absolute Gasteiger partial charge is 0.352 e. The van der Waals surface area contributed by atoms with E-state index in [1.54, 1.807) is 4.90 Å². The minimum absolute atomic E-state index is 0.0251. The van der Waals surface area contributed by atoms with E-state index in [1.165, 1.54) is 24.3 Å². The molecule has 34 heavy (non-hydrogen) atoms. The Kier molecular flexibility index (Phi) is 7.27. The first-order chi connectivity index (χ1) is 16.4. The zero-order valence-electron chi connectivity index (χ0n) is 18.6. The molecule has 8 nitrogen and oxygen atoms in total. The van der Waals surface area contributed by atoms with Gasteiger partial charge in [-0.3, -0.25) is 14.4 Å². The van der Waals surface area contributed by atoms with Crippen molar-refractivity contribution in [2.24, 2.45) is 5.92 Å². The van der Waals surface area contributed by atoms with Crippen LogP contribution in [0.25, 0.3) is 0 Å². The molecule has 0 spiro atoms. The van der Waals surface area contributed by atoms with Crippen LogP contribution in [0.2, 0.25) is 0 Å². The van der Waals surface area contributed by atoms with Crippen LogP contribution < -0.4 is 10.6 Å². The van der Waals surface area contributed by atoms with Crippen LogP contribution in [-0.4, -0.2) is 45.9 Å². The predicted octanol–water partition coefficient (Wildman–Crippen LogP) is 3.41. The molecule has 1 atom stereocenters. The van der Waals surface area contributed by atoms with Gasteiger partial charge in [-0.25, -0.2) is 4.39 Å². The number of benzene rings is 2. The van der Waals surface area contributed by atoms with Gasteiger partial charge in [0.25, 0.3) is 11.8 Å². The molecule has 0 saturated carbocycles. The Labute approximate surface area is 200 Å². The van der Waals surface area contributed by atoms with Gasteiger partial charge in [-0.15, -0.1) is 10.2 Å². The van der Waals surface area contributed by atoms with Crippen molar-refractivity contribution in [3.63, 3.8) is 0 Å². The normalized spacial score (nSPS) is 15.6. The van der Waals surface area contributed by atoms with Crippen molar-refractivity contribution in [1.82, 2.24) is 20.4 Å². The minimum Gasteiger partial charge on any atom is -0.352 e. The summed E-state index contributed by atoms with van der Waals surface area (Å²) >= 11 is 0.883. The van der Waals surface area contributed by atoms with Crippen molar-refractivity contribution in [1.29, 1.82) is 0 Å². The van der Waals surface area contributed by atoms with E-state index in [4.69, 9.17) is 0 Å². The van der Waals surface area contributed by atoms with E-state index in [0.717, 1.165) is 22.5 Å². The van der Waals surface area contributed by atoms with Crippen molar-refractivity contribution in [2.75, 3.05) is 18.4 Å². The van der Waals surface area contributed by atoms with Gasteiger partial charge in [0.1, 0.15) is 5.82 Å². The molecule has 0 bridgehead atoms. The fourth-order valence-electron chi connectivity index (χ4n) is 3.67. The molecular weight excluding hydrogens is 457 g/mol. The third kappa shape index (κ3) is 5.82. The molecule has 1 fully saturated rings. The third-order valence-electron chi connectivity index (χ3n) is 5.57. The quantitative estimate of drug-likeness (QED) is 0.562. The lowest BCUT2D eigenvalue weighted by atomic mass is 9.97. The number of amides is 3. The molecule has 1 saturated heterocycles. The number of nitrogens with zero attached hydrogens (tertiary/aromatic N) is 3. The highest BCUT2D eigenvalue weighted by Gasteiger charge is 2.30. The Balaban J connectivity index is 1.33. The molecule has 1 unspecified atom stereocenters. The van der Waals surface area contributed by atoms with Gasteiger partial charge in [0.05, 0.1) is 5.92 Å². The molecule has 3 amide bonds. The molecular formula is C24H24FN5O3S. The van der Waals surface area contributed by atoms with Crippen LogP contribution in [0.15, 0.2) is 48.5 Å². The predicted molar refractivity (Wildman–Crippen MR) is 126 cm³/mol. The number of piperidine rings is 1. The smallest absolute Gasteiger partial charge is 0.286 e. The summed E-state index contributed by atoms with van der Waals surface area (Å²) in [6, 6.07) is 13.3. The molecule has 2 N–H and O–H groups in total. The Hall–Kier alpha value is -3.66. The summed E-state index contributed by atoms with van der Waals surface area (Å²) < 4.78 is 13.0. The van der Waals surface area contributed by atoms with E-state index in [9.17, 15) is 18.8 Å². The van der Waals surface area contributed by atoms with Gasteiger partial charge in [0, 0.05) is 25.3 Å². The van der Waals surface area contributed by atoms with Crippen LogP contribution in [-0.2, 0) is 11.3 Å². The molecule has 2 heterocycles. The van der Waals surface area contributed by atoms with E-state index in [0.29, 0.717) is 31.6 Å². The third-order valence-corrected chi connectivity index (χ3v) is 6.48. The van der Waals surface area contributed by atoms with Gasteiger partial charge in [-0.1, -0.05) is 41.2 Å². The Morgan fingerprint density at radius 2 is 1.76 bits per heavy atom. The van der Waals surface area contributed by atoms with Crippen LogP contribution in [0, 0.1) is 18.7 Å². The first-order valence-electron chi connectivity index (χ1n) is 10.9. The second-order valence-electron chi connectivity index (χ2n) is 8.17. The average Bonchev–Trinajstić information content (AvgIpc) is 3.35. The summed E-state index contributed by atoms with van der Waals surface area (Å²) in [6.45, 7) is 3.24. The molecule has 0 radical (unpaired) electrons. The number of aromatic nitrogens is 2. The topological polar surface area (TPSA) is 104 Å². The second kappa shape index (κ2) is 10.5. The van der Waals surface area contributed by atoms with Gasteiger partial charge in [0.15, 0.2) is 0 Å². The average molecular weight is 482 g/mol. The monoisotopic (exact) mass is 481 g/mol. The maximum Gasteiger partial charge on any atom is 0.286 e. The van der Waals surface area contributed by atoms with Gasteiger partial charge >= 0.3 is 0 Å². The lowest BCUT2D eigenvalue weighted by Crippen LogP contribution is -2.45. The Morgan fingerprint density at radius 3 is 2.50 bits per heavy atom. The van der Waals surface area contributed by atoms with Gasteiger partial charge in [-0.2, -0.15) is 0 Å². The molecule has 0 aliphatic carbocycles. The lowest BCUT2D eigenvalue weighted by Gasteiger charge is -2.31. The molecule has 10 heteroatoms. The zero-order chi connectivity index (χ0) is 24.1. The maximum absolute atomic E-state index is 13.0.